The minimum absolute atomic E-state index is 0.280. The van der Waals surface area contributed by atoms with E-state index in [0.29, 0.717) is 12.5 Å². The van der Waals surface area contributed by atoms with Crippen LogP contribution in [0.1, 0.15) is 19.3 Å². The summed E-state index contributed by atoms with van der Waals surface area (Å²) in [4.78, 5) is 2.20. The van der Waals surface area contributed by atoms with Crippen LogP contribution in [-0.4, -0.2) is 55.1 Å². The molecule has 1 fully saturated rings. The fourth-order valence-electron chi connectivity index (χ4n) is 2.04. The molecule has 0 aromatic carbocycles. The number of hydrogen-bond acceptors (Lipinski definition) is 3. The molecular formula is C11H22N2O2S. The van der Waals surface area contributed by atoms with Crippen LogP contribution in [0.2, 0.25) is 0 Å². The van der Waals surface area contributed by atoms with Crippen molar-refractivity contribution in [3.8, 4) is 0 Å². The second kappa shape index (κ2) is 7.81. The van der Waals surface area contributed by atoms with Gasteiger partial charge in [-0.2, -0.15) is 0 Å². The normalized spacial score (nSPS) is 20.9. The first-order valence-corrected chi connectivity index (χ1v) is 6.31. The third-order valence-corrected chi connectivity index (χ3v) is 3.33. The first-order chi connectivity index (χ1) is 7.77. The predicted molar refractivity (Wildman–Crippen MR) is 68.5 cm³/mol. The molecule has 1 rings (SSSR count). The van der Waals surface area contributed by atoms with E-state index in [0.717, 1.165) is 37.6 Å². The SMILES string of the molecule is COCCNC(=S)N1CCCC(CCO)C1. The fourth-order valence-corrected chi connectivity index (χ4v) is 2.31. The Labute approximate surface area is 103 Å². The zero-order valence-electron chi connectivity index (χ0n) is 9.95. The number of hydrogen-bond donors (Lipinski definition) is 2. The van der Waals surface area contributed by atoms with Crippen LogP contribution in [0.3, 0.4) is 0 Å². The Hall–Kier alpha value is -0.390. The van der Waals surface area contributed by atoms with Gasteiger partial charge in [-0.05, 0) is 37.4 Å². The molecule has 0 amide bonds. The summed E-state index contributed by atoms with van der Waals surface area (Å²) in [5.74, 6) is 0.584. The molecule has 0 aromatic heterocycles. The van der Waals surface area contributed by atoms with Crippen LogP contribution in [0, 0.1) is 5.92 Å². The number of ether oxygens (including phenoxy) is 1. The van der Waals surface area contributed by atoms with Crippen LogP contribution >= 0.6 is 12.2 Å². The quantitative estimate of drug-likeness (QED) is 0.549. The van der Waals surface area contributed by atoms with E-state index in [1.165, 1.54) is 6.42 Å². The van der Waals surface area contributed by atoms with Crippen molar-refractivity contribution in [3.05, 3.63) is 0 Å². The highest BCUT2D eigenvalue weighted by Gasteiger charge is 2.20. The smallest absolute Gasteiger partial charge is 0.169 e. The molecule has 1 aliphatic rings. The lowest BCUT2D eigenvalue weighted by molar-refractivity contribution is 0.191. The molecule has 1 atom stereocenters. The van der Waals surface area contributed by atoms with E-state index in [-0.39, 0.29) is 6.61 Å². The van der Waals surface area contributed by atoms with Crippen molar-refractivity contribution < 1.29 is 9.84 Å². The zero-order chi connectivity index (χ0) is 11.8. The highest BCUT2D eigenvalue weighted by atomic mass is 32.1. The van der Waals surface area contributed by atoms with E-state index in [1.54, 1.807) is 7.11 Å². The zero-order valence-corrected chi connectivity index (χ0v) is 10.8. The van der Waals surface area contributed by atoms with E-state index >= 15 is 0 Å². The lowest BCUT2D eigenvalue weighted by Gasteiger charge is -2.34. The Morgan fingerprint density at radius 3 is 3.12 bits per heavy atom. The second-order valence-corrected chi connectivity index (χ2v) is 4.58. The molecule has 1 unspecified atom stereocenters. The maximum Gasteiger partial charge on any atom is 0.169 e. The van der Waals surface area contributed by atoms with Crippen molar-refractivity contribution in [2.24, 2.45) is 5.92 Å². The van der Waals surface area contributed by atoms with Gasteiger partial charge in [0.15, 0.2) is 5.11 Å². The predicted octanol–water partition coefficient (Wildman–Crippen LogP) is 0.602. The third-order valence-electron chi connectivity index (χ3n) is 2.93. The first-order valence-electron chi connectivity index (χ1n) is 5.90. The van der Waals surface area contributed by atoms with Crippen molar-refractivity contribution in [2.45, 2.75) is 19.3 Å². The Morgan fingerprint density at radius 2 is 2.44 bits per heavy atom. The Morgan fingerprint density at radius 1 is 1.62 bits per heavy atom. The van der Waals surface area contributed by atoms with Crippen LogP contribution in [0.15, 0.2) is 0 Å². The van der Waals surface area contributed by atoms with Gasteiger partial charge in [0, 0.05) is 33.4 Å². The van der Waals surface area contributed by atoms with Crippen LogP contribution in [0.5, 0.6) is 0 Å². The summed E-state index contributed by atoms with van der Waals surface area (Å²) >= 11 is 5.32. The molecule has 4 nitrogen and oxygen atoms in total. The van der Waals surface area contributed by atoms with E-state index in [1.807, 2.05) is 0 Å². The van der Waals surface area contributed by atoms with Gasteiger partial charge in [0.25, 0.3) is 0 Å². The number of methoxy groups -OCH3 is 1. The monoisotopic (exact) mass is 246 g/mol. The standard InChI is InChI=1S/C11H22N2O2S/c1-15-8-5-12-11(16)13-6-2-3-10(9-13)4-7-14/h10,14H,2-9H2,1H3,(H,12,16). The van der Waals surface area contributed by atoms with Crippen molar-refractivity contribution in [1.82, 2.24) is 10.2 Å². The summed E-state index contributed by atoms with van der Waals surface area (Å²) in [6.07, 6.45) is 3.26. The molecule has 1 saturated heterocycles. The lowest BCUT2D eigenvalue weighted by Crippen LogP contribution is -2.46. The van der Waals surface area contributed by atoms with Crippen LogP contribution in [-0.2, 0) is 4.74 Å². The summed E-state index contributed by atoms with van der Waals surface area (Å²) in [5.41, 5.74) is 0. The van der Waals surface area contributed by atoms with E-state index in [4.69, 9.17) is 22.1 Å². The van der Waals surface area contributed by atoms with Gasteiger partial charge in [-0.15, -0.1) is 0 Å². The van der Waals surface area contributed by atoms with Crippen molar-refractivity contribution in [1.29, 1.82) is 0 Å². The third kappa shape index (κ3) is 4.63. The van der Waals surface area contributed by atoms with Gasteiger partial charge in [-0.1, -0.05) is 0 Å². The minimum atomic E-state index is 0.280. The number of nitrogens with one attached hydrogen (secondary N) is 1. The molecule has 1 aliphatic heterocycles. The van der Waals surface area contributed by atoms with Crippen molar-refractivity contribution in [2.75, 3.05) is 40.0 Å². The molecule has 0 aromatic rings. The Kier molecular flexibility index (Phi) is 6.68. The Bertz CT molecular complexity index is 212. The van der Waals surface area contributed by atoms with E-state index < -0.39 is 0 Å². The van der Waals surface area contributed by atoms with Gasteiger partial charge in [-0.25, -0.2) is 0 Å². The lowest BCUT2D eigenvalue weighted by atomic mass is 9.95. The number of nitrogens with zero attached hydrogens (tertiary/aromatic N) is 1. The number of thiocarbonyl (C=S) groups is 1. The summed E-state index contributed by atoms with van der Waals surface area (Å²) < 4.78 is 4.97. The topological polar surface area (TPSA) is 44.7 Å². The van der Waals surface area contributed by atoms with Gasteiger partial charge >= 0.3 is 0 Å². The van der Waals surface area contributed by atoms with Crippen molar-refractivity contribution >= 4 is 17.3 Å². The second-order valence-electron chi connectivity index (χ2n) is 4.19. The molecule has 0 aliphatic carbocycles. The summed E-state index contributed by atoms with van der Waals surface area (Å²) in [7, 11) is 1.68. The largest absolute Gasteiger partial charge is 0.396 e. The molecule has 2 N–H and O–H groups in total. The maximum atomic E-state index is 8.93. The number of aliphatic hydroxyl groups is 1. The highest BCUT2D eigenvalue weighted by Crippen LogP contribution is 2.19. The van der Waals surface area contributed by atoms with Crippen LogP contribution in [0.4, 0.5) is 0 Å². The van der Waals surface area contributed by atoms with Gasteiger partial charge in [0.05, 0.1) is 6.61 Å². The minimum Gasteiger partial charge on any atom is -0.396 e. The van der Waals surface area contributed by atoms with E-state index in [9.17, 15) is 0 Å². The van der Waals surface area contributed by atoms with Crippen LogP contribution in [0.25, 0.3) is 0 Å². The van der Waals surface area contributed by atoms with Gasteiger partial charge in [0.2, 0.25) is 0 Å². The maximum absolute atomic E-state index is 8.93. The molecule has 0 saturated carbocycles. The number of aliphatic hydroxyl groups excluding tert-OH is 1. The van der Waals surface area contributed by atoms with Gasteiger partial charge < -0.3 is 20.1 Å². The molecule has 0 bridgehead atoms. The summed E-state index contributed by atoms with van der Waals surface area (Å²) in [6, 6.07) is 0. The van der Waals surface area contributed by atoms with Crippen LogP contribution < -0.4 is 5.32 Å². The van der Waals surface area contributed by atoms with Crippen molar-refractivity contribution in [3.63, 3.8) is 0 Å². The molecule has 1 heterocycles. The Balaban J connectivity index is 2.26. The molecule has 5 heteroatoms. The molecule has 0 radical (unpaired) electrons. The summed E-state index contributed by atoms with van der Waals surface area (Å²) in [6.45, 7) is 3.72. The van der Waals surface area contributed by atoms with Gasteiger partial charge in [0.1, 0.15) is 0 Å². The number of rotatable bonds is 5. The average Bonchev–Trinajstić information content (AvgIpc) is 2.30. The summed E-state index contributed by atoms with van der Waals surface area (Å²) in [5, 5.41) is 12.9. The molecule has 94 valence electrons. The highest BCUT2D eigenvalue weighted by molar-refractivity contribution is 7.80. The number of likely N-dealkylation sites (tertiary alicyclic amines) is 1. The number of piperidine rings is 1. The van der Waals surface area contributed by atoms with E-state index in [2.05, 4.69) is 10.2 Å². The average molecular weight is 246 g/mol. The molecule has 0 spiro atoms. The fraction of sp³-hybridized carbons (Fsp3) is 0.909. The van der Waals surface area contributed by atoms with Gasteiger partial charge in [-0.3, -0.25) is 0 Å². The molecular weight excluding hydrogens is 224 g/mol. The molecule has 16 heavy (non-hydrogen) atoms. The first kappa shape index (κ1) is 13.7.